The molecule has 6 atom stereocenters. The molecule has 3 aliphatic heterocycles. The van der Waals surface area contributed by atoms with Crippen molar-refractivity contribution in [3.63, 3.8) is 0 Å². The number of nitrogens with zero attached hydrogens (tertiary/aromatic N) is 1. The van der Waals surface area contributed by atoms with Crippen molar-refractivity contribution in [3.8, 4) is 5.75 Å². The maximum absolute atomic E-state index is 13.9. The van der Waals surface area contributed by atoms with Crippen molar-refractivity contribution in [1.82, 2.24) is 9.99 Å². The molecule has 0 aromatic heterocycles. The van der Waals surface area contributed by atoms with Crippen LogP contribution >= 0.6 is 7.75 Å². The zero-order chi connectivity index (χ0) is 26.7. The van der Waals surface area contributed by atoms with Crippen molar-refractivity contribution in [3.05, 3.63) is 30.3 Å². The first-order chi connectivity index (χ1) is 16.7. The number of methoxy groups -OCH3 is 1. The van der Waals surface area contributed by atoms with Crippen LogP contribution in [0.4, 0.5) is 0 Å². The van der Waals surface area contributed by atoms with Gasteiger partial charge in [0.25, 0.3) is 0 Å². The van der Waals surface area contributed by atoms with Crippen LogP contribution < -0.4 is 9.61 Å². The van der Waals surface area contributed by atoms with E-state index in [-0.39, 0.29) is 29.6 Å². The Morgan fingerprint density at radius 2 is 2.03 bits per heavy atom. The van der Waals surface area contributed by atoms with Crippen LogP contribution in [-0.2, 0) is 28.2 Å². The van der Waals surface area contributed by atoms with Crippen LogP contribution in [0, 0.1) is 5.92 Å². The summed E-state index contributed by atoms with van der Waals surface area (Å²) in [5.74, 6) is -0.933. The van der Waals surface area contributed by atoms with Gasteiger partial charge in [-0.05, 0) is 52.7 Å². The highest BCUT2D eigenvalue weighted by atomic mass is 31.2. The number of ether oxygens (including phenoxy) is 2. The molecule has 2 unspecified atom stereocenters. The Hall–Kier alpha value is -1.77. The van der Waals surface area contributed by atoms with E-state index in [0.29, 0.717) is 19.4 Å². The molecule has 0 aliphatic carbocycles. The van der Waals surface area contributed by atoms with E-state index in [0.717, 1.165) is 0 Å². The fraction of sp³-hybridized carbons (Fsp3) is 0.652. The van der Waals surface area contributed by atoms with Crippen molar-refractivity contribution < 1.29 is 36.8 Å². The second kappa shape index (κ2) is 10.7. The highest BCUT2D eigenvalue weighted by molar-refractivity contribution is 7.52. The van der Waals surface area contributed by atoms with Gasteiger partial charge in [-0.3, -0.25) is 19.0 Å². The molecule has 0 spiro atoms. The number of fused-ring (bicyclic) bond motifs is 3. The number of nitrogens with one attached hydrogen (secondary N) is 1. The van der Waals surface area contributed by atoms with E-state index in [4.69, 9.17) is 22.6 Å². The minimum atomic E-state index is -4.26. The number of para-hydroxylation sites is 1. The van der Waals surface area contributed by atoms with Gasteiger partial charge in [-0.2, -0.15) is 5.09 Å². The number of esters is 1. The van der Waals surface area contributed by atoms with Crippen LogP contribution in [0.25, 0.3) is 0 Å². The van der Waals surface area contributed by atoms with E-state index in [2.05, 4.69) is 5.09 Å². The zero-order valence-corrected chi connectivity index (χ0v) is 20.4. The first kappa shape index (κ1) is 21.7. The number of hydrogen-bond donors (Lipinski definition) is 1. The smallest absolute Gasteiger partial charge is 0.459 e. The van der Waals surface area contributed by atoms with Gasteiger partial charge in [-0.25, -0.2) is 4.57 Å². The molecular weight excluding hydrogens is 447 g/mol. The summed E-state index contributed by atoms with van der Waals surface area (Å²) in [7, 11) is -6.99. The van der Waals surface area contributed by atoms with E-state index in [9.17, 15) is 14.2 Å². The molecule has 1 aromatic carbocycles. The van der Waals surface area contributed by atoms with Gasteiger partial charge in [-0.15, -0.1) is 0 Å². The second-order valence-electron chi connectivity index (χ2n) is 8.96. The van der Waals surface area contributed by atoms with Crippen LogP contribution in [0.2, 0.25) is 0 Å². The molecule has 3 fully saturated rings. The Bertz CT molecular complexity index is 978. The molecule has 0 radical (unpaired) electrons. The summed E-state index contributed by atoms with van der Waals surface area (Å²) < 4.78 is 58.2. The average molecular weight is 486 g/mol. The number of benzene rings is 1. The predicted octanol–water partition coefficient (Wildman–Crippen LogP) is 3.19. The fourth-order valence-electron chi connectivity index (χ4n) is 4.56. The topological polar surface area (TPSA) is 103 Å². The van der Waals surface area contributed by atoms with Crippen molar-refractivity contribution in [1.29, 1.82) is 0 Å². The maximum Gasteiger partial charge on any atom is 0.459 e. The third-order valence-electron chi connectivity index (χ3n) is 6.07. The fourth-order valence-corrected chi connectivity index (χ4v) is 6.11. The quantitative estimate of drug-likeness (QED) is 0.374. The largest absolute Gasteiger partial charge is 0.462 e. The summed E-state index contributed by atoms with van der Waals surface area (Å²) in [6.45, 7) is 6.42. The summed E-state index contributed by atoms with van der Waals surface area (Å²) >= 11 is 0. The number of Topliss-reactive ketones (excluding diaryl/α,β-unsaturated/α-hetero) is 1. The minimum Gasteiger partial charge on any atom is -0.462 e. The molecule has 33 heavy (non-hydrogen) atoms. The molecule has 9 nitrogen and oxygen atoms in total. The van der Waals surface area contributed by atoms with Crippen molar-refractivity contribution >= 4 is 19.5 Å². The highest BCUT2D eigenvalue weighted by Gasteiger charge is 2.56. The summed E-state index contributed by atoms with van der Waals surface area (Å²) in [4.78, 5) is 27.8. The number of carbonyl (C=O) groups excluding carboxylic acids is 2. The summed E-state index contributed by atoms with van der Waals surface area (Å²) in [5, 5.41) is 2.60. The molecular formula is C23H35N2O7P. The first-order valence-corrected chi connectivity index (χ1v) is 12.7. The molecule has 0 saturated carbocycles. The van der Waals surface area contributed by atoms with Gasteiger partial charge >= 0.3 is 13.7 Å². The molecule has 10 heteroatoms. The Morgan fingerprint density at radius 3 is 2.67 bits per heavy atom. The molecule has 4 rings (SSSR count). The first-order valence-electron chi connectivity index (χ1n) is 12.7. The van der Waals surface area contributed by atoms with Crippen molar-refractivity contribution in [2.45, 2.75) is 64.3 Å². The predicted molar refractivity (Wildman–Crippen MR) is 123 cm³/mol. The number of hydrogen-bond acceptors (Lipinski definition) is 8. The summed E-state index contributed by atoms with van der Waals surface area (Å²) in [5.41, 5.74) is -1.46. The molecule has 0 amide bonds. The SMILES string of the molecule is [2H]C([2H])([2H])OC[C@]1(COP(=O)(N[C@@H](C)C(=O)OC(C)C)Oc2ccccc2)C(=O)[C@H]2CCN1[C@H](C)C2. The summed E-state index contributed by atoms with van der Waals surface area (Å²) in [6, 6.07) is 7.16. The average Bonchev–Trinajstić information content (AvgIpc) is 2.78. The number of piperidine rings is 3. The van der Waals surface area contributed by atoms with Crippen molar-refractivity contribution in [2.24, 2.45) is 5.92 Å². The van der Waals surface area contributed by atoms with Gasteiger partial charge < -0.3 is 14.0 Å². The maximum atomic E-state index is 13.9. The zero-order valence-electron chi connectivity index (χ0n) is 22.5. The molecule has 3 heterocycles. The third kappa shape index (κ3) is 5.84. The van der Waals surface area contributed by atoms with Crippen molar-refractivity contribution in [2.75, 3.05) is 26.8 Å². The van der Waals surface area contributed by atoms with E-state index in [1.165, 1.54) is 6.92 Å². The number of ketones is 1. The lowest BCUT2D eigenvalue weighted by Crippen LogP contribution is -2.71. The minimum absolute atomic E-state index is 0.0346. The lowest BCUT2D eigenvalue weighted by Gasteiger charge is -2.55. The van der Waals surface area contributed by atoms with Gasteiger partial charge in [-0.1, -0.05) is 18.2 Å². The molecule has 3 saturated heterocycles. The van der Waals surface area contributed by atoms with Gasteiger partial charge in [0.1, 0.15) is 17.3 Å². The van der Waals surface area contributed by atoms with E-state index in [1.807, 2.05) is 11.8 Å². The monoisotopic (exact) mass is 485 g/mol. The van der Waals surface area contributed by atoms with Gasteiger partial charge in [0, 0.05) is 25.5 Å². The lowest BCUT2D eigenvalue weighted by molar-refractivity contribution is -0.163. The standard InChI is InChI=1S/C23H35N2O7P/c1-16(2)31-22(27)18(4)24-33(28,32-20-9-7-6-8-10-20)30-15-23(14-29-5)21(26)19-11-12-25(23)17(3)13-19/h6-10,16-19H,11-15H2,1-5H3,(H,24,28)/t17-,18+,19+,23+,33?/m1/s1/i5D3. The highest BCUT2D eigenvalue weighted by Crippen LogP contribution is 2.48. The molecule has 2 bridgehead atoms. The van der Waals surface area contributed by atoms with Crippen LogP contribution in [0.5, 0.6) is 5.75 Å². The summed E-state index contributed by atoms with van der Waals surface area (Å²) in [6.07, 6.45) is 0.901. The molecule has 3 aliphatic rings. The number of carbonyl (C=O) groups is 2. The van der Waals surface area contributed by atoms with Crippen LogP contribution in [0.1, 0.15) is 44.6 Å². The second-order valence-corrected chi connectivity index (χ2v) is 10.7. The van der Waals surface area contributed by atoms with Crippen LogP contribution in [0.3, 0.4) is 0 Å². The van der Waals surface area contributed by atoms with E-state index < -0.39 is 45.5 Å². The Morgan fingerprint density at radius 1 is 1.30 bits per heavy atom. The third-order valence-corrected chi connectivity index (χ3v) is 7.69. The van der Waals surface area contributed by atoms with Gasteiger partial charge in [0.05, 0.1) is 23.4 Å². The van der Waals surface area contributed by atoms with Crippen LogP contribution in [0.15, 0.2) is 30.3 Å². The van der Waals surface area contributed by atoms with Gasteiger partial charge in [0.15, 0.2) is 5.78 Å². The van der Waals surface area contributed by atoms with Crippen LogP contribution in [-0.4, -0.2) is 67.2 Å². The molecule has 184 valence electrons. The number of rotatable bonds is 11. The molecule has 1 N–H and O–H groups in total. The van der Waals surface area contributed by atoms with Gasteiger partial charge in [0.2, 0.25) is 0 Å². The Labute approximate surface area is 199 Å². The Kier molecular flexibility index (Phi) is 7.02. The van der Waals surface area contributed by atoms with E-state index in [1.54, 1.807) is 44.2 Å². The van der Waals surface area contributed by atoms with E-state index >= 15 is 0 Å². The molecule has 1 aromatic rings. The normalized spacial score (nSPS) is 31.2. The Balaban J connectivity index is 1.89. The lowest BCUT2D eigenvalue weighted by atomic mass is 9.71.